The second-order valence-corrected chi connectivity index (χ2v) is 7.15. The van der Waals surface area contributed by atoms with E-state index in [4.69, 9.17) is 11.6 Å². The van der Waals surface area contributed by atoms with Gasteiger partial charge in [-0.3, -0.25) is 4.79 Å². The van der Waals surface area contributed by atoms with E-state index in [1.165, 1.54) is 18.2 Å². The van der Waals surface area contributed by atoms with Crippen LogP contribution >= 0.6 is 11.6 Å². The van der Waals surface area contributed by atoms with Gasteiger partial charge in [-0.15, -0.1) is 0 Å². The third-order valence-electron chi connectivity index (χ3n) is 4.81. The van der Waals surface area contributed by atoms with Crippen molar-refractivity contribution in [3.8, 4) is 11.8 Å². The molecule has 2 aromatic heterocycles. The first-order valence-electron chi connectivity index (χ1n) is 9.49. The summed E-state index contributed by atoms with van der Waals surface area (Å²) in [5.74, 6) is 5.70. The molecule has 1 aromatic carbocycles. The summed E-state index contributed by atoms with van der Waals surface area (Å²) in [6, 6.07) is 13.2. The van der Waals surface area contributed by atoms with Crippen LogP contribution in [0.4, 0.5) is 10.2 Å². The van der Waals surface area contributed by atoms with Crippen LogP contribution in [0.3, 0.4) is 0 Å². The fraction of sp³-hybridized carbons (Fsp3) is 0.174. The fourth-order valence-corrected chi connectivity index (χ4v) is 3.48. The summed E-state index contributed by atoms with van der Waals surface area (Å²) < 4.78 is 14.2. The number of anilines is 1. The zero-order chi connectivity index (χ0) is 20.9. The van der Waals surface area contributed by atoms with Gasteiger partial charge in [0.2, 0.25) is 0 Å². The Morgan fingerprint density at radius 2 is 1.77 bits per heavy atom. The first-order valence-corrected chi connectivity index (χ1v) is 9.87. The molecule has 4 rings (SSSR count). The number of amides is 1. The quantitative estimate of drug-likeness (QED) is 0.594. The molecular weight excluding hydrogens is 403 g/mol. The lowest BCUT2D eigenvalue weighted by atomic mass is 10.1. The summed E-state index contributed by atoms with van der Waals surface area (Å²) in [7, 11) is 0. The third-order valence-corrected chi connectivity index (χ3v) is 5.10. The van der Waals surface area contributed by atoms with Crippen LogP contribution in [0.5, 0.6) is 0 Å². The highest BCUT2D eigenvalue weighted by atomic mass is 35.5. The van der Waals surface area contributed by atoms with Crippen LogP contribution in [0.15, 0.2) is 60.9 Å². The molecule has 0 unspecified atom stereocenters. The number of pyridine rings is 2. The molecule has 5 nitrogen and oxygen atoms in total. The zero-order valence-corrected chi connectivity index (χ0v) is 16.8. The molecule has 3 heterocycles. The van der Waals surface area contributed by atoms with E-state index in [0.717, 1.165) is 5.82 Å². The molecule has 30 heavy (non-hydrogen) atoms. The summed E-state index contributed by atoms with van der Waals surface area (Å²) >= 11 is 6.22. The number of hydrogen-bond acceptors (Lipinski definition) is 4. The van der Waals surface area contributed by atoms with Gasteiger partial charge in [0, 0.05) is 44.1 Å². The fourth-order valence-electron chi connectivity index (χ4n) is 3.24. The van der Waals surface area contributed by atoms with E-state index in [2.05, 4.69) is 26.7 Å². The van der Waals surface area contributed by atoms with Crippen LogP contribution in [-0.2, 0) is 0 Å². The molecular formula is C23H18ClFN4O. The van der Waals surface area contributed by atoms with Crippen LogP contribution in [0.25, 0.3) is 0 Å². The van der Waals surface area contributed by atoms with Gasteiger partial charge in [0.25, 0.3) is 5.91 Å². The minimum absolute atomic E-state index is 0.150. The zero-order valence-electron chi connectivity index (χ0n) is 16.1. The molecule has 1 amide bonds. The number of halogens is 2. The lowest BCUT2D eigenvalue weighted by Gasteiger charge is -2.35. The first kappa shape index (κ1) is 19.9. The van der Waals surface area contributed by atoms with E-state index in [-0.39, 0.29) is 11.5 Å². The van der Waals surface area contributed by atoms with Gasteiger partial charge in [-0.05, 0) is 48.4 Å². The normalized spacial score (nSPS) is 13.5. The average molecular weight is 421 g/mol. The van der Waals surface area contributed by atoms with Crippen molar-refractivity contribution >= 4 is 23.3 Å². The van der Waals surface area contributed by atoms with Crippen molar-refractivity contribution in [2.24, 2.45) is 0 Å². The third kappa shape index (κ3) is 4.42. The molecule has 0 spiro atoms. The van der Waals surface area contributed by atoms with Crippen molar-refractivity contribution in [1.29, 1.82) is 0 Å². The highest BCUT2D eigenvalue weighted by Crippen LogP contribution is 2.23. The van der Waals surface area contributed by atoms with E-state index < -0.39 is 5.82 Å². The van der Waals surface area contributed by atoms with Crippen LogP contribution in [0.1, 0.15) is 21.6 Å². The van der Waals surface area contributed by atoms with Gasteiger partial charge in [0.05, 0.1) is 10.6 Å². The number of aromatic nitrogens is 2. The van der Waals surface area contributed by atoms with E-state index in [1.54, 1.807) is 41.6 Å². The predicted octanol–water partition coefficient (Wildman–Crippen LogP) is 3.63. The highest BCUT2D eigenvalue weighted by molar-refractivity contribution is 6.32. The van der Waals surface area contributed by atoms with Crippen molar-refractivity contribution in [3.05, 3.63) is 88.6 Å². The Balaban J connectivity index is 1.47. The lowest BCUT2D eigenvalue weighted by molar-refractivity contribution is 0.0746. The van der Waals surface area contributed by atoms with Crippen LogP contribution in [0.2, 0.25) is 5.02 Å². The number of benzene rings is 1. The molecule has 1 aliphatic rings. The van der Waals surface area contributed by atoms with Gasteiger partial charge in [-0.25, -0.2) is 14.4 Å². The first-order chi connectivity index (χ1) is 14.6. The molecule has 3 aromatic rings. The van der Waals surface area contributed by atoms with Crippen LogP contribution < -0.4 is 4.90 Å². The number of carbonyl (C=O) groups is 1. The van der Waals surface area contributed by atoms with Gasteiger partial charge in [-0.2, -0.15) is 0 Å². The maximum Gasteiger partial charge on any atom is 0.254 e. The van der Waals surface area contributed by atoms with Crippen LogP contribution in [-0.4, -0.2) is 47.0 Å². The summed E-state index contributed by atoms with van der Waals surface area (Å²) in [5, 5.41) is 0.590. The van der Waals surface area contributed by atoms with E-state index in [1.807, 2.05) is 6.07 Å². The number of carbonyl (C=O) groups excluding carboxylic acids is 1. The van der Waals surface area contributed by atoms with Crippen molar-refractivity contribution < 1.29 is 9.18 Å². The van der Waals surface area contributed by atoms with Gasteiger partial charge in [-0.1, -0.05) is 23.6 Å². The molecule has 1 fully saturated rings. The molecule has 0 radical (unpaired) electrons. The summed E-state index contributed by atoms with van der Waals surface area (Å²) in [6.45, 7) is 2.29. The smallest absolute Gasteiger partial charge is 0.254 e. The summed E-state index contributed by atoms with van der Waals surface area (Å²) in [4.78, 5) is 25.2. The Kier molecular flexibility index (Phi) is 5.92. The van der Waals surface area contributed by atoms with E-state index in [0.29, 0.717) is 42.5 Å². The predicted molar refractivity (Wildman–Crippen MR) is 114 cm³/mol. The molecule has 1 saturated heterocycles. The molecule has 0 bridgehead atoms. The van der Waals surface area contributed by atoms with Crippen LogP contribution in [0, 0.1) is 17.7 Å². The molecule has 0 aliphatic carbocycles. The molecule has 0 atom stereocenters. The lowest BCUT2D eigenvalue weighted by Crippen LogP contribution is -2.49. The van der Waals surface area contributed by atoms with Gasteiger partial charge >= 0.3 is 0 Å². The Morgan fingerprint density at radius 1 is 0.967 bits per heavy atom. The number of piperazine rings is 1. The summed E-state index contributed by atoms with van der Waals surface area (Å²) in [5.41, 5.74) is 1.12. The largest absolute Gasteiger partial charge is 0.352 e. The van der Waals surface area contributed by atoms with Crippen molar-refractivity contribution in [3.63, 3.8) is 0 Å². The van der Waals surface area contributed by atoms with Gasteiger partial charge < -0.3 is 9.80 Å². The van der Waals surface area contributed by atoms with Gasteiger partial charge in [0.1, 0.15) is 17.3 Å². The molecule has 0 N–H and O–H groups in total. The second kappa shape index (κ2) is 8.93. The maximum absolute atomic E-state index is 14.2. The molecule has 7 heteroatoms. The van der Waals surface area contributed by atoms with Crippen molar-refractivity contribution in [2.45, 2.75) is 0 Å². The minimum Gasteiger partial charge on any atom is -0.352 e. The Labute approximate surface area is 179 Å². The Bertz CT molecular complexity index is 1120. The Morgan fingerprint density at radius 3 is 2.50 bits per heavy atom. The maximum atomic E-state index is 14.2. The molecule has 0 saturated carbocycles. The van der Waals surface area contributed by atoms with E-state index in [9.17, 15) is 9.18 Å². The monoisotopic (exact) mass is 420 g/mol. The topological polar surface area (TPSA) is 49.3 Å². The molecule has 1 aliphatic heterocycles. The standard InChI is InChI=1S/C23H18ClFN4O/c24-20-5-3-11-27-22(20)28-12-14-29(15-13-28)23(30)18-7-9-21(25)17(16-18)6-8-19-4-1-2-10-26-19/h1-5,7,9-11,16H,12-15H2. The average Bonchev–Trinajstić information content (AvgIpc) is 2.79. The van der Waals surface area contributed by atoms with E-state index >= 15 is 0 Å². The number of hydrogen-bond donors (Lipinski definition) is 0. The number of nitrogens with zero attached hydrogens (tertiary/aromatic N) is 4. The van der Waals surface area contributed by atoms with Crippen molar-refractivity contribution in [2.75, 3.05) is 31.1 Å². The highest BCUT2D eigenvalue weighted by Gasteiger charge is 2.24. The minimum atomic E-state index is -0.468. The molecule has 150 valence electrons. The second-order valence-electron chi connectivity index (χ2n) is 6.75. The Hall–Kier alpha value is -3.43. The SMILES string of the molecule is O=C(c1ccc(F)c(C#Cc2ccccn2)c1)N1CCN(c2ncccc2Cl)CC1. The number of rotatable bonds is 2. The summed E-state index contributed by atoms with van der Waals surface area (Å²) in [6.07, 6.45) is 3.32. The van der Waals surface area contributed by atoms with Gasteiger partial charge in [0.15, 0.2) is 0 Å². The van der Waals surface area contributed by atoms with Crippen molar-refractivity contribution in [1.82, 2.24) is 14.9 Å².